The van der Waals surface area contributed by atoms with Gasteiger partial charge in [0.15, 0.2) is 0 Å². The van der Waals surface area contributed by atoms with Crippen LogP contribution in [0.1, 0.15) is 226 Å². The van der Waals surface area contributed by atoms with Gasteiger partial charge in [-0.1, -0.05) is 201 Å². The highest BCUT2D eigenvalue weighted by Gasteiger charge is 2.12. The minimum atomic E-state index is -0.955. The topological polar surface area (TPSA) is 72.8 Å². The van der Waals surface area contributed by atoms with E-state index in [0.717, 1.165) is 31.6 Å². The number of carbonyl (C=O) groups excluding carboxylic acids is 2. The van der Waals surface area contributed by atoms with Crippen LogP contribution in [0.2, 0.25) is 0 Å². The van der Waals surface area contributed by atoms with Gasteiger partial charge in [0.25, 0.3) is 0 Å². The molecule has 0 aliphatic heterocycles. The van der Waals surface area contributed by atoms with E-state index in [1.807, 2.05) is 0 Å². The van der Waals surface area contributed by atoms with E-state index in [1.54, 1.807) is 0 Å². The quantitative estimate of drug-likeness (QED) is 0.0534. The summed E-state index contributed by atoms with van der Waals surface area (Å²) in [5.41, 5.74) is 0. The van der Waals surface area contributed by atoms with Crippen molar-refractivity contribution >= 4 is 11.9 Å². The van der Waals surface area contributed by atoms with E-state index < -0.39 is 6.10 Å². The molecule has 0 saturated heterocycles. The second-order valence-corrected chi connectivity index (χ2v) is 14.6. The summed E-state index contributed by atoms with van der Waals surface area (Å²) in [6, 6.07) is 0. The molecular weight excluding hydrogens is 572 g/mol. The molecule has 0 fully saturated rings. The summed E-state index contributed by atoms with van der Waals surface area (Å²) < 4.78 is 10.3. The molecule has 5 heteroatoms. The first kappa shape index (κ1) is 44.9. The Hall–Kier alpha value is -1.10. The lowest BCUT2D eigenvalue weighted by Crippen LogP contribution is -2.25. The minimum Gasteiger partial charge on any atom is -0.463 e. The van der Waals surface area contributed by atoms with Crippen LogP contribution < -0.4 is 0 Å². The van der Waals surface area contributed by atoms with Crippen molar-refractivity contribution in [1.82, 2.24) is 0 Å². The van der Waals surface area contributed by atoms with E-state index in [9.17, 15) is 14.7 Å². The summed E-state index contributed by atoms with van der Waals surface area (Å²) in [4.78, 5) is 23.9. The van der Waals surface area contributed by atoms with E-state index >= 15 is 0 Å². The van der Waals surface area contributed by atoms with Gasteiger partial charge >= 0.3 is 11.9 Å². The molecule has 0 bridgehead atoms. The second-order valence-electron chi connectivity index (χ2n) is 14.6. The summed E-state index contributed by atoms with van der Waals surface area (Å²) in [6.07, 6.45) is 38.7. The Bertz CT molecular complexity index is 634. The lowest BCUT2D eigenvalue weighted by molar-refractivity contribution is -0.152. The molecule has 5 nitrogen and oxygen atoms in total. The van der Waals surface area contributed by atoms with E-state index in [0.29, 0.717) is 12.8 Å². The zero-order valence-corrected chi connectivity index (χ0v) is 31.3. The molecule has 0 amide bonds. The van der Waals surface area contributed by atoms with Gasteiger partial charge in [-0.2, -0.15) is 0 Å². The Morgan fingerprint density at radius 2 is 0.696 bits per heavy atom. The average molecular weight is 653 g/mol. The van der Waals surface area contributed by atoms with Crippen molar-refractivity contribution in [3.63, 3.8) is 0 Å². The second kappa shape index (κ2) is 36.7. The molecule has 1 atom stereocenters. The Kier molecular flexibility index (Phi) is 35.9. The van der Waals surface area contributed by atoms with Gasteiger partial charge in [-0.25, -0.2) is 0 Å². The van der Waals surface area contributed by atoms with Crippen LogP contribution in [0.3, 0.4) is 0 Å². The molecule has 0 aliphatic rings. The van der Waals surface area contributed by atoms with Crippen LogP contribution in [0.25, 0.3) is 0 Å². The SMILES string of the molecule is CCCCCCCCCCCCCCCC(=O)OC[C@@H](O)COC(=O)CCCCCCCCCCCCCCCCCCC(C)C. The van der Waals surface area contributed by atoms with Gasteiger partial charge in [-0.05, 0) is 18.8 Å². The zero-order chi connectivity index (χ0) is 33.8. The van der Waals surface area contributed by atoms with E-state index in [-0.39, 0.29) is 25.2 Å². The molecule has 0 saturated carbocycles. The van der Waals surface area contributed by atoms with Crippen LogP contribution in [0.4, 0.5) is 0 Å². The van der Waals surface area contributed by atoms with Gasteiger partial charge in [0, 0.05) is 12.8 Å². The standard InChI is InChI=1S/C41H80O5/c1-4-5-6-7-8-9-10-15-19-22-25-28-31-34-40(43)45-36-39(42)37-46-41(44)35-32-29-26-23-20-17-14-12-11-13-16-18-21-24-27-30-33-38(2)3/h38-39,42H,4-37H2,1-3H3/t39-/m1/s1. The Morgan fingerprint density at radius 1 is 0.435 bits per heavy atom. The third-order valence-corrected chi connectivity index (χ3v) is 9.27. The van der Waals surface area contributed by atoms with Crippen molar-refractivity contribution in [1.29, 1.82) is 0 Å². The van der Waals surface area contributed by atoms with Crippen molar-refractivity contribution in [2.24, 2.45) is 5.92 Å². The van der Waals surface area contributed by atoms with E-state index in [1.165, 1.54) is 167 Å². The summed E-state index contributed by atoms with van der Waals surface area (Å²) >= 11 is 0. The normalized spacial score (nSPS) is 12.1. The van der Waals surface area contributed by atoms with Crippen LogP contribution in [0.5, 0.6) is 0 Å². The molecule has 0 aromatic carbocycles. The van der Waals surface area contributed by atoms with Crippen molar-refractivity contribution in [2.75, 3.05) is 13.2 Å². The molecule has 0 aromatic heterocycles. The highest BCUT2D eigenvalue weighted by atomic mass is 16.6. The molecule has 0 radical (unpaired) electrons. The van der Waals surface area contributed by atoms with Crippen molar-refractivity contribution in [3.05, 3.63) is 0 Å². The van der Waals surface area contributed by atoms with Gasteiger partial charge in [-0.3, -0.25) is 9.59 Å². The number of unbranched alkanes of at least 4 members (excludes halogenated alkanes) is 27. The van der Waals surface area contributed by atoms with Crippen LogP contribution in [-0.4, -0.2) is 36.4 Å². The Morgan fingerprint density at radius 3 is 0.978 bits per heavy atom. The molecule has 0 aromatic rings. The fraction of sp³-hybridized carbons (Fsp3) is 0.951. The molecule has 0 unspecified atom stereocenters. The number of carbonyl (C=O) groups is 2. The first-order valence-electron chi connectivity index (χ1n) is 20.4. The maximum absolute atomic E-state index is 12.0. The molecule has 0 rings (SSSR count). The predicted molar refractivity (Wildman–Crippen MR) is 196 cm³/mol. The van der Waals surface area contributed by atoms with Gasteiger partial charge in [0.1, 0.15) is 19.3 Å². The lowest BCUT2D eigenvalue weighted by atomic mass is 10.0. The average Bonchev–Trinajstić information content (AvgIpc) is 3.04. The van der Waals surface area contributed by atoms with Crippen LogP contribution in [0.15, 0.2) is 0 Å². The largest absolute Gasteiger partial charge is 0.463 e. The zero-order valence-electron chi connectivity index (χ0n) is 31.3. The smallest absolute Gasteiger partial charge is 0.305 e. The number of aliphatic hydroxyl groups is 1. The Balaban J connectivity index is 3.36. The molecule has 0 aliphatic carbocycles. The molecule has 1 N–H and O–H groups in total. The number of aliphatic hydroxyl groups excluding tert-OH is 1. The van der Waals surface area contributed by atoms with E-state index in [2.05, 4.69) is 20.8 Å². The van der Waals surface area contributed by atoms with Crippen molar-refractivity contribution in [3.8, 4) is 0 Å². The molecular formula is C41H80O5. The fourth-order valence-corrected chi connectivity index (χ4v) is 6.15. The van der Waals surface area contributed by atoms with Gasteiger partial charge in [-0.15, -0.1) is 0 Å². The van der Waals surface area contributed by atoms with Crippen LogP contribution in [-0.2, 0) is 19.1 Å². The van der Waals surface area contributed by atoms with Gasteiger partial charge in [0.2, 0.25) is 0 Å². The number of hydrogen-bond donors (Lipinski definition) is 1. The first-order valence-corrected chi connectivity index (χ1v) is 20.4. The predicted octanol–water partition coefficient (Wildman–Crippen LogP) is 12.6. The Labute approximate surface area is 287 Å². The maximum Gasteiger partial charge on any atom is 0.305 e. The summed E-state index contributed by atoms with van der Waals surface area (Å²) in [7, 11) is 0. The van der Waals surface area contributed by atoms with Crippen molar-refractivity contribution < 1.29 is 24.2 Å². The van der Waals surface area contributed by atoms with Crippen LogP contribution >= 0.6 is 0 Å². The summed E-state index contributed by atoms with van der Waals surface area (Å²) in [5, 5.41) is 10.0. The molecule has 274 valence electrons. The third kappa shape index (κ3) is 37.4. The van der Waals surface area contributed by atoms with Gasteiger partial charge in [0.05, 0.1) is 0 Å². The molecule has 0 heterocycles. The lowest BCUT2D eigenvalue weighted by Gasteiger charge is -2.12. The monoisotopic (exact) mass is 653 g/mol. The fourth-order valence-electron chi connectivity index (χ4n) is 6.15. The van der Waals surface area contributed by atoms with Gasteiger partial charge < -0.3 is 14.6 Å². The minimum absolute atomic E-state index is 0.108. The van der Waals surface area contributed by atoms with Crippen LogP contribution in [0, 0.1) is 5.92 Å². The number of rotatable bonds is 37. The third-order valence-electron chi connectivity index (χ3n) is 9.27. The molecule has 46 heavy (non-hydrogen) atoms. The highest BCUT2D eigenvalue weighted by molar-refractivity contribution is 5.69. The van der Waals surface area contributed by atoms with E-state index in [4.69, 9.17) is 9.47 Å². The summed E-state index contributed by atoms with van der Waals surface area (Å²) in [6.45, 7) is 6.69. The number of hydrogen-bond acceptors (Lipinski definition) is 5. The highest BCUT2D eigenvalue weighted by Crippen LogP contribution is 2.16. The maximum atomic E-state index is 12.0. The molecule has 0 spiro atoms. The van der Waals surface area contributed by atoms with Crippen molar-refractivity contribution in [2.45, 2.75) is 232 Å². The number of ether oxygens (including phenoxy) is 2. The number of esters is 2. The first-order chi connectivity index (χ1) is 22.5. The summed E-state index contributed by atoms with van der Waals surface area (Å²) in [5.74, 6) is 0.309.